The summed E-state index contributed by atoms with van der Waals surface area (Å²) in [5, 5.41) is 2.94. The standard InChI is InChI=1S/C22H17Cl2F3N2O3S/c1-14-5-7-20(8-6-14)33(31,32)29(19-4-2-3-15(9-19)22(25,26)27)13-21(30)28-18-11-16(23)10-17(24)12-18/h2-12H,13H2,1H3,(H,28,30). The fourth-order valence-electron chi connectivity index (χ4n) is 2.95. The van der Waals surface area contributed by atoms with Crippen LogP contribution >= 0.6 is 23.2 Å². The average molecular weight is 517 g/mol. The predicted molar refractivity (Wildman–Crippen MR) is 122 cm³/mol. The van der Waals surface area contributed by atoms with Crippen molar-refractivity contribution in [3.63, 3.8) is 0 Å². The average Bonchev–Trinajstić information content (AvgIpc) is 2.71. The summed E-state index contributed by atoms with van der Waals surface area (Å²) in [4.78, 5) is 12.5. The molecule has 3 aromatic rings. The minimum absolute atomic E-state index is 0.177. The minimum atomic E-state index is -4.70. The molecular formula is C22H17Cl2F3N2O3S. The van der Waals surface area contributed by atoms with E-state index in [1.807, 2.05) is 0 Å². The van der Waals surface area contributed by atoms with Gasteiger partial charge in [-0.2, -0.15) is 13.2 Å². The van der Waals surface area contributed by atoms with Gasteiger partial charge in [-0.1, -0.05) is 47.0 Å². The molecule has 3 aromatic carbocycles. The molecule has 0 radical (unpaired) electrons. The third-order valence-electron chi connectivity index (χ3n) is 4.50. The number of aryl methyl sites for hydroxylation is 1. The van der Waals surface area contributed by atoms with Gasteiger partial charge in [0.05, 0.1) is 16.1 Å². The first-order chi connectivity index (χ1) is 15.4. The van der Waals surface area contributed by atoms with E-state index in [2.05, 4.69) is 5.32 Å². The Labute approximate surface area is 198 Å². The summed E-state index contributed by atoms with van der Waals surface area (Å²) in [7, 11) is -4.38. The second-order valence-electron chi connectivity index (χ2n) is 7.08. The molecule has 0 unspecified atom stereocenters. The van der Waals surface area contributed by atoms with E-state index in [9.17, 15) is 26.4 Å². The molecule has 0 aliphatic heterocycles. The number of amides is 1. The maximum Gasteiger partial charge on any atom is 0.416 e. The van der Waals surface area contributed by atoms with Crippen LogP contribution in [0.1, 0.15) is 11.1 Å². The lowest BCUT2D eigenvalue weighted by atomic mass is 10.2. The molecule has 0 aromatic heterocycles. The molecule has 11 heteroatoms. The lowest BCUT2D eigenvalue weighted by Gasteiger charge is -2.25. The zero-order chi connectivity index (χ0) is 24.4. The van der Waals surface area contributed by atoms with Crippen LogP contribution in [0.2, 0.25) is 10.0 Å². The van der Waals surface area contributed by atoms with Gasteiger partial charge in [0.1, 0.15) is 6.54 Å². The largest absolute Gasteiger partial charge is 0.416 e. The Hall–Kier alpha value is -2.75. The van der Waals surface area contributed by atoms with Crippen molar-refractivity contribution in [3.8, 4) is 0 Å². The molecular weight excluding hydrogens is 500 g/mol. The molecule has 0 spiro atoms. The Morgan fingerprint density at radius 1 is 0.970 bits per heavy atom. The normalized spacial score (nSPS) is 11.8. The summed E-state index contributed by atoms with van der Waals surface area (Å²) < 4.78 is 67.0. The van der Waals surface area contributed by atoms with Gasteiger partial charge in [0, 0.05) is 15.7 Å². The third-order valence-corrected chi connectivity index (χ3v) is 6.73. The fraction of sp³-hybridized carbons (Fsp3) is 0.136. The Bertz CT molecular complexity index is 1260. The fourth-order valence-corrected chi connectivity index (χ4v) is 4.89. The van der Waals surface area contributed by atoms with Crippen molar-refractivity contribution in [1.29, 1.82) is 0 Å². The summed E-state index contributed by atoms with van der Waals surface area (Å²) in [5.41, 5.74) is -0.375. The van der Waals surface area contributed by atoms with Crippen LogP contribution in [0.25, 0.3) is 0 Å². The number of hydrogen-bond donors (Lipinski definition) is 1. The molecule has 0 saturated carbocycles. The number of rotatable bonds is 6. The van der Waals surface area contributed by atoms with Crippen molar-refractivity contribution < 1.29 is 26.4 Å². The van der Waals surface area contributed by atoms with Crippen molar-refractivity contribution in [2.45, 2.75) is 18.0 Å². The van der Waals surface area contributed by atoms with E-state index >= 15 is 0 Å². The van der Waals surface area contributed by atoms with Crippen molar-refractivity contribution in [1.82, 2.24) is 0 Å². The number of nitrogens with zero attached hydrogens (tertiary/aromatic N) is 1. The van der Waals surface area contributed by atoms with E-state index in [0.717, 1.165) is 17.7 Å². The molecule has 1 N–H and O–H groups in total. The van der Waals surface area contributed by atoms with E-state index in [-0.39, 0.29) is 26.3 Å². The van der Waals surface area contributed by atoms with Crippen molar-refractivity contribution in [3.05, 3.63) is 87.9 Å². The maximum atomic E-state index is 13.3. The molecule has 1 amide bonds. The number of sulfonamides is 1. The van der Waals surface area contributed by atoms with Crippen molar-refractivity contribution in [2.75, 3.05) is 16.2 Å². The number of carbonyl (C=O) groups excluding carboxylic acids is 1. The summed E-state index contributed by atoms with van der Waals surface area (Å²) in [6, 6.07) is 13.7. The lowest BCUT2D eigenvalue weighted by molar-refractivity contribution is -0.137. The zero-order valence-electron chi connectivity index (χ0n) is 17.0. The second-order valence-corrected chi connectivity index (χ2v) is 9.81. The van der Waals surface area contributed by atoms with Gasteiger partial charge in [0.25, 0.3) is 10.0 Å². The van der Waals surface area contributed by atoms with E-state index in [0.29, 0.717) is 10.4 Å². The van der Waals surface area contributed by atoms with Crippen molar-refractivity contribution >= 4 is 50.5 Å². The van der Waals surface area contributed by atoms with Gasteiger partial charge in [-0.25, -0.2) is 8.42 Å². The molecule has 0 heterocycles. The highest BCUT2D eigenvalue weighted by atomic mass is 35.5. The van der Waals surface area contributed by atoms with Gasteiger partial charge >= 0.3 is 6.18 Å². The SMILES string of the molecule is Cc1ccc(S(=O)(=O)N(CC(=O)Nc2cc(Cl)cc(Cl)c2)c2cccc(C(F)(F)F)c2)cc1. The smallest absolute Gasteiger partial charge is 0.324 e. The molecule has 0 aliphatic rings. The number of benzene rings is 3. The van der Waals surface area contributed by atoms with E-state index in [1.54, 1.807) is 19.1 Å². The van der Waals surface area contributed by atoms with Crippen LogP contribution in [-0.4, -0.2) is 20.9 Å². The Kier molecular flexibility index (Phi) is 7.26. The molecule has 5 nitrogen and oxygen atoms in total. The molecule has 174 valence electrons. The molecule has 0 aliphatic carbocycles. The van der Waals surface area contributed by atoms with Gasteiger partial charge < -0.3 is 5.32 Å². The topological polar surface area (TPSA) is 66.5 Å². The van der Waals surface area contributed by atoms with Crippen LogP contribution in [-0.2, 0) is 21.0 Å². The first-order valence-corrected chi connectivity index (χ1v) is 11.6. The van der Waals surface area contributed by atoms with Crippen LogP contribution in [0.15, 0.2) is 71.6 Å². The summed E-state index contributed by atoms with van der Waals surface area (Å²) in [6.07, 6.45) is -4.70. The van der Waals surface area contributed by atoms with Gasteiger partial charge in [0.2, 0.25) is 5.91 Å². The number of anilines is 2. The number of hydrogen-bond acceptors (Lipinski definition) is 3. The highest BCUT2D eigenvalue weighted by molar-refractivity contribution is 7.92. The number of alkyl halides is 3. The Morgan fingerprint density at radius 3 is 2.15 bits per heavy atom. The highest BCUT2D eigenvalue weighted by Gasteiger charge is 2.33. The van der Waals surface area contributed by atoms with Crippen LogP contribution in [0, 0.1) is 6.92 Å². The molecule has 3 rings (SSSR count). The molecule has 33 heavy (non-hydrogen) atoms. The van der Waals surface area contributed by atoms with E-state index in [4.69, 9.17) is 23.2 Å². The van der Waals surface area contributed by atoms with Gasteiger partial charge in [0.15, 0.2) is 0 Å². The molecule has 0 fully saturated rings. The Morgan fingerprint density at radius 2 is 1.58 bits per heavy atom. The zero-order valence-corrected chi connectivity index (χ0v) is 19.4. The highest BCUT2D eigenvalue weighted by Crippen LogP contribution is 2.33. The summed E-state index contributed by atoms with van der Waals surface area (Å²) in [6.45, 7) is 0.964. The predicted octanol–water partition coefficient (Wildman–Crippen LogP) is 6.15. The third kappa shape index (κ3) is 6.19. The number of halogens is 5. The molecule has 0 bridgehead atoms. The quantitative estimate of drug-likeness (QED) is 0.426. The van der Waals surface area contributed by atoms with Crippen LogP contribution in [0.3, 0.4) is 0 Å². The minimum Gasteiger partial charge on any atom is -0.324 e. The summed E-state index contributed by atoms with van der Waals surface area (Å²) >= 11 is 11.8. The summed E-state index contributed by atoms with van der Waals surface area (Å²) in [5.74, 6) is -0.804. The second kappa shape index (κ2) is 9.62. The lowest BCUT2D eigenvalue weighted by Crippen LogP contribution is -2.38. The van der Waals surface area contributed by atoms with Crippen LogP contribution < -0.4 is 9.62 Å². The number of nitrogens with one attached hydrogen (secondary N) is 1. The van der Waals surface area contributed by atoms with Gasteiger partial charge in [-0.05, 0) is 55.5 Å². The maximum absolute atomic E-state index is 13.3. The molecule has 0 saturated heterocycles. The molecule has 0 atom stereocenters. The van der Waals surface area contributed by atoms with Gasteiger partial charge in [-0.15, -0.1) is 0 Å². The Balaban J connectivity index is 2.02. The first kappa shape index (κ1) is 24.9. The first-order valence-electron chi connectivity index (χ1n) is 9.39. The number of carbonyl (C=O) groups is 1. The van der Waals surface area contributed by atoms with Gasteiger partial charge in [-0.3, -0.25) is 9.10 Å². The van der Waals surface area contributed by atoms with Crippen LogP contribution in [0.4, 0.5) is 24.5 Å². The van der Waals surface area contributed by atoms with Crippen LogP contribution in [0.5, 0.6) is 0 Å². The monoisotopic (exact) mass is 516 g/mol. The van der Waals surface area contributed by atoms with E-state index in [1.165, 1.54) is 36.4 Å². The van der Waals surface area contributed by atoms with E-state index < -0.39 is 34.2 Å². The van der Waals surface area contributed by atoms with Crippen molar-refractivity contribution in [2.24, 2.45) is 0 Å².